The Morgan fingerprint density at radius 2 is 1.90 bits per heavy atom. The molecule has 0 saturated heterocycles. The Balaban J connectivity index is 2.38. The molecule has 1 amide bonds. The van der Waals surface area contributed by atoms with Gasteiger partial charge < -0.3 is 4.74 Å². The number of amides is 1. The number of carbonyl (C=O) groups is 1. The normalized spacial score (nSPS) is 11.7. The summed E-state index contributed by atoms with van der Waals surface area (Å²) in [7, 11) is 0. The van der Waals surface area contributed by atoms with Crippen LogP contribution in [0, 0.1) is 13.8 Å². The second kappa shape index (κ2) is 4.79. The van der Waals surface area contributed by atoms with Crippen LogP contribution in [0.3, 0.4) is 0 Å². The molecule has 3 N–H and O–H groups in total. The molecule has 0 unspecified atom stereocenters. The Morgan fingerprint density at radius 3 is 2.50 bits per heavy atom. The number of H-pyrrole nitrogens is 1. The summed E-state index contributed by atoms with van der Waals surface area (Å²) in [5, 5.41) is 8.70. The minimum absolute atomic E-state index is 0.359. The Morgan fingerprint density at radius 1 is 1.30 bits per heavy atom. The van der Waals surface area contributed by atoms with Crippen LogP contribution in [0.2, 0.25) is 0 Å². The van der Waals surface area contributed by atoms with Gasteiger partial charge in [-0.1, -0.05) is 0 Å². The highest BCUT2D eigenvalue weighted by Gasteiger charge is 2.24. The molecule has 2 rings (SSSR count). The zero-order chi connectivity index (χ0) is 15.1. The third kappa shape index (κ3) is 2.75. The average Bonchev–Trinajstić information content (AvgIpc) is 2.69. The number of anilines is 1. The van der Waals surface area contributed by atoms with Crippen LogP contribution < -0.4 is 10.9 Å². The lowest BCUT2D eigenvalue weighted by molar-refractivity contribution is 0.0579. The highest BCUT2D eigenvalue weighted by atomic mass is 16.6. The van der Waals surface area contributed by atoms with E-state index in [1.165, 1.54) is 0 Å². The number of benzene rings is 1. The number of hydrazine groups is 1. The van der Waals surface area contributed by atoms with E-state index < -0.39 is 11.7 Å². The van der Waals surface area contributed by atoms with Crippen LogP contribution in [0.25, 0.3) is 10.9 Å². The summed E-state index contributed by atoms with van der Waals surface area (Å²) in [6.07, 6.45) is -0.635. The summed E-state index contributed by atoms with van der Waals surface area (Å²) in [6.45, 7) is 9.38. The number of nitrogens with zero attached hydrogens (tertiary/aromatic N) is 2. The van der Waals surface area contributed by atoms with Gasteiger partial charge >= 0.3 is 6.09 Å². The Kier molecular flexibility index (Phi) is 3.43. The number of hydrogen-bond donors (Lipinski definition) is 2. The number of ether oxygens (including phenoxy) is 1. The minimum Gasteiger partial charge on any atom is -0.442 e. The number of fused-ring (bicyclic) bond motifs is 1. The number of aryl methyl sites for hydroxylation is 2. The highest BCUT2D eigenvalue weighted by Crippen LogP contribution is 2.26. The Bertz CT molecular complexity index is 655. The molecule has 0 aliphatic carbocycles. The van der Waals surface area contributed by atoms with E-state index in [4.69, 9.17) is 10.6 Å². The van der Waals surface area contributed by atoms with Gasteiger partial charge in [0.2, 0.25) is 0 Å². The fraction of sp³-hybridized carbons (Fsp3) is 0.429. The first kappa shape index (κ1) is 14.3. The van der Waals surface area contributed by atoms with Crippen LogP contribution in [0.5, 0.6) is 0 Å². The van der Waals surface area contributed by atoms with Gasteiger partial charge in [0, 0.05) is 5.39 Å². The maximum Gasteiger partial charge on any atom is 0.430 e. The number of aromatic nitrogens is 2. The molecular formula is C14H20N4O2. The molecule has 0 spiro atoms. The van der Waals surface area contributed by atoms with Crippen LogP contribution in [-0.2, 0) is 4.74 Å². The molecule has 0 fully saturated rings. The fourth-order valence-electron chi connectivity index (χ4n) is 1.85. The smallest absolute Gasteiger partial charge is 0.430 e. The first-order chi connectivity index (χ1) is 9.19. The molecule has 1 heterocycles. The van der Waals surface area contributed by atoms with Crippen molar-refractivity contribution in [2.45, 2.75) is 40.2 Å². The van der Waals surface area contributed by atoms with Crippen LogP contribution in [0.15, 0.2) is 12.1 Å². The summed E-state index contributed by atoms with van der Waals surface area (Å²) in [4.78, 5) is 12.0. The number of hydrogen-bond acceptors (Lipinski definition) is 4. The lowest BCUT2D eigenvalue weighted by atomic mass is 10.1. The van der Waals surface area contributed by atoms with Gasteiger partial charge in [-0.2, -0.15) is 10.1 Å². The lowest BCUT2D eigenvalue weighted by Crippen LogP contribution is -2.42. The van der Waals surface area contributed by atoms with Crippen molar-refractivity contribution in [3.05, 3.63) is 23.3 Å². The molecule has 1 aromatic heterocycles. The van der Waals surface area contributed by atoms with Crippen molar-refractivity contribution in [1.29, 1.82) is 0 Å². The van der Waals surface area contributed by atoms with Gasteiger partial charge in [-0.15, -0.1) is 0 Å². The standard InChI is InChI=1S/C14H20N4O2/c1-8-6-10-11(7-9(8)2)16-17-12(10)18(15)13(19)20-14(3,4)5/h6-7H,15H2,1-5H3,(H,16,17). The van der Waals surface area contributed by atoms with E-state index >= 15 is 0 Å². The zero-order valence-corrected chi connectivity index (χ0v) is 12.4. The number of nitrogens with two attached hydrogens (primary N) is 1. The van der Waals surface area contributed by atoms with E-state index in [0.717, 1.165) is 27.0 Å². The molecule has 1 aromatic carbocycles. The molecule has 0 bridgehead atoms. The monoisotopic (exact) mass is 276 g/mol. The summed E-state index contributed by atoms with van der Waals surface area (Å²) in [6, 6.07) is 3.93. The van der Waals surface area contributed by atoms with Crippen molar-refractivity contribution in [2.24, 2.45) is 5.84 Å². The molecule has 6 heteroatoms. The van der Waals surface area contributed by atoms with Gasteiger partial charge in [0.05, 0.1) is 5.52 Å². The molecule has 0 radical (unpaired) electrons. The van der Waals surface area contributed by atoms with Crippen molar-refractivity contribution < 1.29 is 9.53 Å². The van der Waals surface area contributed by atoms with Gasteiger partial charge in [-0.05, 0) is 57.9 Å². The zero-order valence-electron chi connectivity index (χ0n) is 12.4. The van der Waals surface area contributed by atoms with Gasteiger partial charge in [0.15, 0.2) is 5.82 Å². The Hall–Kier alpha value is -2.08. The molecule has 2 aromatic rings. The first-order valence-electron chi connectivity index (χ1n) is 6.42. The molecule has 0 atom stereocenters. The third-order valence-corrected chi connectivity index (χ3v) is 2.98. The SMILES string of the molecule is Cc1cc2[nH]nc(N(N)C(=O)OC(C)(C)C)c2cc1C. The summed E-state index contributed by atoms with van der Waals surface area (Å²) >= 11 is 0. The predicted octanol–water partition coefficient (Wildman–Crippen LogP) is 2.79. The third-order valence-electron chi connectivity index (χ3n) is 2.98. The van der Waals surface area contributed by atoms with Crippen molar-refractivity contribution in [3.63, 3.8) is 0 Å². The average molecular weight is 276 g/mol. The van der Waals surface area contributed by atoms with E-state index in [1.807, 2.05) is 26.0 Å². The number of carbonyl (C=O) groups excluding carboxylic acids is 1. The lowest BCUT2D eigenvalue weighted by Gasteiger charge is -2.23. The van der Waals surface area contributed by atoms with Crippen molar-refractivity contribution >= 4 is 22.8 Å². The second-order valence-electron chi connectivity index (χ2n) is 5.88. The molecule has 6 nitrogen and oxygen atoms in total. The van der Waals surface area contributed by atoms with Gasteiger partial charge in [0.25, 0.3) is 0 Å². The Labute approximate surface area is 117 Å². The van der Waals surface area contributed by atoms with E-state index in [-0.39, 0.29) is 0 Å². The molecule has 0 aliphatic heterocycles. The van der Waals surface area contributed by atoms with E-state index in [1.54, 1.807) is 20.8 Å². The number of nitrogens with one attached hydrogen (secondary N) is 1. The van der Waals surface area contributed by atoms with Gasteiger partial charge in [-0.3, -0.25) is 5.10 Å². The van der Waals surface area contributed by atoms with Crippen molar-refractivity contribution in [1.82, 2.24) is 10.2 Å². The maximum absolute atomic E-state index is 12.0. The topological polar surface area (TPSA) is 84.2 Å². The minimum atomic E-state index is -0.635. The van der Waals surface area contributed by atoms with Gasteiger partial charge in [0.1, 0.15) is 5.60 Å². The molecule has 20 heavy (non-hydrogen) atoms. The van der Waals surface area contributed by atoms with Crippen molar-refractivity contribution in [2.75, 3.05) is 5.01 Å². The quantitative estimate of drug-likeness (QED) is 0.476. The largest absolute Gasteiger partial charge is 0.442 e. The summed E-state index contributed by atoms with van der Waals surface area (Å²) in [5.74, 6) is 6.18. The summed E-state index contributed by atoms with van der Waals surface area (Å²) in [5.41, 5.74) is 2.49. The van der Waals surface area contributed by atoms with E-state index in [9.17, 15) is 4.79 Å². The highest BCUT2D eigenvalue weighted by molar-refractivity contribution is 5.98. The first-order valence-corrected chi connectivity index (χ1v) is 6.42. The second-order valence-corrected chi connectivity index (χ2v) is 5.88. The predicted molar refractivity (Wildman–Crippen MR) is 78.5 cm³/mol. The maximum atomic E-state index is 12.0. The number of aromatic amines is 1. The van der Waals surface area contributed by atoms with E-state index in [0.29, 0.717) is 5.82 Å². The summed E-state index contributed by atoms with van der Waals surface area (Å²) < 4.78 is 5.23. The van der Waals surface area contributed by atoms with Crippen LogP contribution in [-0.4, -0.2) is 21.9 Å². The molecule has 0 saturated carbocycles. The van der Waals surface area contributed by atoms with Crippen molar-refractivity contribution in [3.8, 4) is 0 Å². The molecular weight excluding hydrogens is 256 g/mol. The fourth-order valence-corrected chi connectivity index (χ4v) is 1.85. The molecule has 0 aliphatic rings. The van der Waals surface area contributed by atoms with Gasteiger partial charge in [-0.25, -0.2) is 10.6 Å². The van der Waals surface area contributed by atoms with Crippen LogP contribution in [0.4, 0.5) is 10.6 Å². The van der Waals surface area contributed by atoms with Crippen LogP contribution in [0.1, 0.15) is 31.9 Å². The number of rotatable bonds is 1. The van der Waals surface area contributed by atoms with Crippen LogP contribution >= 0.6 is 0 Å². The molecule has 108 valence electrons. The van der Waals surface area contributed by atoms with E-state index in [2.05, 4.69) is 10.2 Å².